The van der Waals surface area contributed by atoms with Crippen molar-refractivity contribution in [2.45, 2.75) is 49.6 Å². The molecule has 7 heteroatoms. The van der Waals surface area contributed by atoms with E-state index >= 15 is 0 Å². The van der Waals surface area contributed by atoms with E-state index in [-0.39, 0.29) is 6.04 Å². The Bertz CT molecular complexity index is 526. The summed E-state index contributed by atoms with van der Waals surface area (Å²) in [4.78, 5) is 1.05. The molecule has 1 fully saturated rings. The molecule has 1 heterocycles. The Hall–Kier alpha value is 0.0500. The van der Waals surface area contributed by atoms with Gasteiger partial charge in [0, 0.05) is 10.9 Å². The SMILES string of the molecule is Cc1sc(Br)cc1S(=O)(=O)NC1CCCCC1O. The Kier molecular flexibility index (Phi) is 4.48. The maximum absolute atomic E-state index is 12.2. The van der Waals surface area contributed by atoms with Crippen molar-refractivity contribution in [2.75, 3.05) is 0 Å². The maximum atomic E-state index is 12.2. The van der Waals surface area contributed by atoms with Gasteiger partial charge in [0.2, 0.25) is 10.0 Å². The molecular formula is C11H16BrNO3S2. The highest BCUT2D eigenvalue weighted by Crippen LogP contribution is 2.30. The molecule has 4 nitrogen and oxygen atoms in total. The molecule has 0 saturated heterocycles. The van der Waals surface area contributed by atoms with E-state index < -0.39 is 16.1 Å². The molecule has 18 heavy (non-hydrogen) atoms. The Labute approximate surface area is 120 Å². The van der Waals surface area contributed by atoms with Crippen LogP contribution in [0.3, 0.4) is 0 Å². The number of aryl methyl sites for hydroxylation is 1. The maximum Gasteiger partial charge on any atom is 0.242 e. The molecule has 0 aromatic carbocycles. The summed E-state index contributed by atoms with van der Waals surface area (Å²) in [5, 5.41) is 9.82. The standard InChI is InChI=1S/C11H16BrNO3S2/c1-7-10(6-11(12)17-7)18(15,16)13-8-4-2-3-5-9(8)14/h6,8-9,13-14H,2-5H2,1H3. The van der Waals surface area contributed by atoms with Crippen molar-refractivity contribution < 1.29 is 13.5 Å². The predicted molar refractivity (Wildman–Crippen MR) is 75.3 cm³/mol. The van der Waals surface area contributed by atoms with Crippen molar-refractivity contribution >= 4 is 37.3 Å². The van der Waals surface area contributed by atoms with Gasteiger partial charge in [0.25, 0.3) is 0 Å². The topological polar surface area (TPSA) is 66.4 Å². The van der Waals surface area contributed by atoms with Crippen molar-refractivity contribution in [3.05, 3.63) is 14.7 Å². The van der Waals surface area contributed by atoms with Crippen LogP contribution in [-0.2, 0) is 10.0 Å². The van der Waals surface area contributed by atoms with E-state index in [9.17, 15) is 13.5 Å². The van der Waals surface area contributed by atoms with E-state index in [1.807, 2.05) is 0 Å². The molecule has 2 N–H and O–H groups in total. The second-order valence-corrected chi connectivity index (χ2v) is 8.87. The number of nitrogens with one attached hydrogen (secondary N) is 1. The van der Waals surface area contributed by atoms with Crippen LogP contribution in [0.1, 0.15) is 30.6 Å². The first-order chi connectivity index (χ1) is 8.40. The highest BCUT2D eigenvalue weighted by molar-refractivity contribution is 9.11. The smallest absolute Gasteiger partial charge is 0.242 e. The van der Waals surface area contributed by atoms with Gasteiger partial charge in [0.1, 0.15) is 0 Å². The van der Waals surface area contributed by atoms with Crippen LogP contribution < -0.4 is 4.72 Å². The molecule has 0 amide bonds. The number of sulfonamides is 1. The molecule has 1 aliphatic rings. The summed E-state index contributed by atoms with van der Waals surface area (Å²) in [6, 6.07) is 1.25. The molecule has 2 unspecified atom stereocenters. The van der Waals surface area contributed by atoms with E-state index in [2.05, 4.69) is 20.7 Å². The first kappa shape index (κ1) is 14.5. The van der Waals surface area contributed by atoms with Crippen LogP contribution in [0.4, 0.5) is 0 Å². The minimum atomic E-state index is -3.53. The van der Waals surface area contributed by atoms with E-state index in [0.29, 0.717) is 17.7 Å². The first-order valence-electron chi connectivity index (χ1n) is 5.86. The second-order valence-electron chi connectivity index (χ2n) is 4.55. The molecule has 0 spiro atoms. The van der Waals surface area contributed by atoms with Crippen molar-refractivity contribution in [3.63, 3.8) is 0 Å². The Morgan fingerprint density at radius 2 is 2.11 bits per heavy atom. The van der Waals surface area contributed by atoms with Crippen molar-refractivity contribution in [1.82, 2.24) is 4.72 Å². The highest BCUT2D eigenvalue weighted by Gasteiger charge is 2.29. The lowest BCUT2D eigenvalue weighted by atomic mass is 9.93. The van der Waals surface area contributed by atoms with Crippen LogP contribution in [0.15, 0.2) is 14.7 Å². The monoisotopic (exact) mass is 353 g/mol. The number of aliphatic hydroxyl groups is 1. The zero-order valence-corrected chi connectivity index (χ0v) is 13.2. The number of hydrogen-bond acceptors (Lipinski definition) is 4. The molecule has 2 rings (SSSR count). The third-order valence-electron chi connectivity index (χ3n) is 3.17. The molecule has 102 valence electrons. The van der Waals surface area contributed by atoms with Gasteiger partial charge in [-0.25, -0.2) is 13.1 Å². The Balaban J connectivity index is 2.19. The van der Waals surface area contributed by atoms with E-state index in [1.54, 1.807) is 13.0 Å². The minimum Gasteiger partial charge on any atom is -0.391 e. The number of thiophene rings is 1. The summed E-state index contributed by atoms with van der Waals surface area (Å²) in [6.45, 7) is 1.78. The van der Waals surface area contributed by atoms with E-state index in [4.69, 9.17) is 0 Å². The summed E-state index contributed by atoms with van der Waals surface area (Å²) in [5.74, 6) is 0. The van der Waals surface area contributed by atoms with E-state index in [0.717, 1.165) is 21.5 Å². The summed E-state index contributed by atoms with van der Waals surface area (Å²) in [6.07, 6.45) is 2.71. The zero-order chi connectivity index (χ0) is 13.3. The van der Waals surface area contributed by atoms with Crippen LogP contribution >= 0.6 is 27.3 Å². The lowest BCUT2D eigenvalue weighted by Gasteiger charge is -2.28. The molecule has 0 radical (unpaired) electrons. The van der Waals surface area contributed by atoms with Crippen molar-refractivity contribution in [3.8, 4) is 0 Å². The summed E-state index contributed by atoms with van der Waals surface area (Å²) in [7, 11) is -3.53. The third kappa shape index (κ3) is 3.14. The molecule has 2 atom stereocenters. The normalized spacial score (nSPS) is 25.3. The molecule has 1 saturated carbocycles. The van der Waals surface area contributed by atoms with Gasteiger partial charge < -0.3 is 5.11 Å². The predicted octanol–water partition coefficient (Wildman–Crippen LogP) is 2.40. The number of halogens is 1. The fourth-order valence-electron chi connectivity index (χ4n) is 2.21. The van der Waals surface area contributed by atoms with Crippen LogP contribution in [0.5, 0.6) is 0 Å². The Morgan fingerprint density at radius 3 is 2.67 bits per heavy atom. The van der Waals surface area contributed by atoms with Crippen LogP contribution in [-0.4, -0.2) is 25.7 Å². The zero-order valence-electron chi connectivity index (χ0n) is 10.0. The second kappa shape index (κ2) is 5.58. The molecule has 1 aromatic rings. The van der Waals surface area contributed by atoms with Gasteiger partial charge in [-0.15, -0.1) is 11.3 Å². The Morgan fingerprint density at radius 1 is 1.44 bits per heavy atom. The molecule has 1 aromatic heterocycles. The van der Waals surface area contributed by atoms with Crippen LogP contribution in [0, 0.1) is 6.92 Å². The van der Waals surface area contributed by atoms with Crippen LogP contribution in [0.2, 0.25) is 0 Å². The quantitative estimate of drug-likeness (QED) is 0.876. The fraction of sp³-hybridized carbons (Fsp3) is 0.636. The van der Waals surface area contributed by atoms with Gasteiger partial charge in [-0.05, 0) is 41.8 Å². The fourth-order valence-corrected chi connectivity index (χ4v) is 5.93. The average Bonchev–Trinajstić information content (AvgIpc) is 2.62. The van der Waals surface area contributed by atoms with Gasteiger partial charge in [-0.1, -0.05) is 12.8 Å². The van der Waals surface area contributed by atoms with Crippen molar-refractivity contribution in [1.29, 1.82) is 0 Å². The van der Waals surface area contributed by atoms with Gasteiger partial charge in [0.15, 0.2) is 0 Å². The van der Waals surface area contributed by atoms with E-state index in [1.165, 1.54) is 11.3 Å². The minimum absolute atomic E-state index is 0.303. The molecule has 0 bridgehead atoms. The first-order valence-corrected chi connectivity index (χ1v) is 8.96. The number of aliphatic hydroxyl groups excluding tert-OH is 1. The highest BCUT2D eigenvalue weighted by atomic mass is 79.9. The van der Waals surface area contributed by atoms with Gasteiger partial charge in [0.05, 0.1) is 14.8 Å². The van der Waals surface area contributed by atoms with Crippen LogP contribution in [0.25, 0.3) is 0 Å². The summed E-state index contributed by atoms with van der Waals surface area (Å²) < 4.78 is 27.9. The third-order valence-corrected chi connectivity index (χ3v) is 6.47. The van der Waals surface area contributed by atoms with Gasteiger partial charge in [-0.2, -0.15) is 0 Å². The lowest BCUT2D eigenvalue weighted by molar-refractivity contribution is 0.101. The molecule has 0 aliphatic heterocycles. The number of rotatable bonds is 3. The van der Waals surface area contributed by atoms with Gasteiger partial charge in [-0.3, -0.25) is 0 Å². The van der Waals surface area contributed by atoms with Crippen molar-refractivity contribution in [2.24, 2.45) is 0 Å². The van der Waals surface area contributed by atoms with Gasteiger partial charge >= 0.3 is 0 Å². The number of hydrogen-bond donors (Lipinski definition) is 2. The molecule has 1 aliphatic carbocycles. The summed E-state index contributed by atoms with van der Waals surface area (Å²) in [5.41, 5.74) is 0. The lowest BCUT2D eigenvalue weighted by Crippen LogP contribution is -2.44. The molecular weight excluding hydrogens is 338 g/mol. The average molecular weight is 354 g/mol. The summed E-state index contributed by atoms with van der Waals surface area (Å²) >= 11 is 4.68. The largest absolute Gasteiger partial charge is 0.391 e.